The molecule has 0 saturated heterocycles. The molecule has 2 nitrogen and oxygen atoms in total. The second-order valence-corrected chi connectivity index (χ2v) is 3.35. The summed E-state index contributed by atoms with van der Waals surface area (Å²) >= 11 is 0. The summed E-state index contributed by atoms with van der Waals surface area (Å²) in [5.41, 5.74) is 2.44. The van der Waals surface area contributed by atoms with Crippen molar-refractivity contribution >= 4 is 6.29 Å². The summed E-state index contributed by atoms with van der Waals surface area (Å²) in [5.74, 6) is 0. The minimum atomic E-state index is 0.591. The number of benzene rings is 1. The summed E-state index contributed by atoms with van der Waals surface area (Å²) in [6, 6.07) is 8.28. The van der Waals surface area contributed by atoms with E-state index in [1.165, 1.54) is 11.1 Å². The third-order valence-corrected chi connectivity index (χ3v) is 2.00. The lowest BCUT2D eigenvalue weighted by Gasteiger charge is -2.03. The van der Waals surface area contributed by atoms with Crippen molar-refractivity contribution in [1.29, 1.82) is 0 Å². The highest BCUT2D eigenvalue weighted by molar-refractivity contribution is 5.48. The molecule has 1 aromatic rings. The van der Waals surface area contributed by atoms with Gasteiger partial charge < -0.3 is 9.53 Å². The lowest BCUT2D eigenvalue weighted by Crippen LogP contribution is -1.95. The molecular formula is C12H16O2. The van der Waals surface area contributed by atoms with E-state index in [-0.39, 0.29) is 0 Å². The number of unbranched alkanes of at least 4 members (excludes halogenated alkanes) is 1. The van der Waals surface area contributed by atoms with Gasteiger partial charge in [-0.3, -0.25) is 0 Å². The highest BCUT2D eigenvalue weighted by Gasteiger charge is 1.92. The molecule has 0 aliphatic carbocycles. The van der Waals surface area contributed by atoms with E-state index < -0.39 is 0 Å². The molecule has 0 aliphatic heterocycles. The van der Waals surface area contributed by atoms with Crippen molar-refractivity contribution in [2.24, 2.45) is 0 Å². The fourth-order valence-electron chi connectivity index (χ4n) is 1.14. The molecule has 2 heteroatoms. The molecule has 0 radical (unpaired) electrons. The molecule has 0 amide bonds. The van der Waals surface area contributed by atoms with Crippen LogP contribution in [-0.2, 0) is 16.1 Å². The Morgan fingerprint density at radius 3 is 2.64 bits per heavy atom. The van der Waals surface area contributed by atoms with Gasteiger partial charge in [-0.25, -0.2) is 0 Å². The van der Waals surface area contributed by atoms with Gasteiger partial charge in [0.15, 0.2) is 0 Å². The Labute approximate surface area is 84.9 Å². The van der Waals surface area contributed by atoms with E-state index in [0.29, 0.717) is 19.6 Å². The third-order valence-electron chi connectivity index (χ3n) is 2.00. The van der Waals surface area contributed by atoms with Crippen molar-refractivity contribution in [2.45, 2.75) is 26.4 Å². The standard InChI is InChI=1S/C12H16O2/c1-11-4-6-12(7-5-11)10-14-9-3-2-8-13/h4-8H,2-3,9-10H2,1H3. The Kier molecular flexibility index (Phi) is 4.94. The predicted octanol–water partition coefficient (Wildman–Crippen LogP) is 2.49. The van der Waals surface area contributed by atoms with E-state index in [9.17, 15) is 4.79 Å². The molecule has 0 aliphatic rings. The molecular weight excluding hydrogens is 176 g/mol. The Morgan fingerprint density at radius 2 is 2.00 bits per heavy atom. The normalized spacial score (nSPS) is 10.1. The average Bonchev–Trinajstić information content (AvgIpc) is 2.21. The van der Waals surface area contributed by atoms with Crippen molar-refractivity contribution in [1.82, 2.24) is 0 Å². The van der Waals surface area contributed by atoms with Crippen LogP contribution in [0.3, 0.4) is 0 Å². The van der Waals surface area contributed by atoms with Gasteiger partial charge in [-0.2, -0.15) is 0 Å². The van der Waals surface area contributed by atoms with Crippen molar-refractivity contribution < 1.29 is 9.53 Å². The maximum absolute atomic E-state index is 10.0. The van der Waals surface area contributed by atoms with Crippen LogP contribution in [0.1, 0.15) is 24.0 Å². The maximum Gasteiger partial charge on any atom is 0.120 e. The molecule has 0 atom stereocenters. The number of carbonyl (C=O) groups excluding carboxylic acids is 1. The van der Waals surface area contributed by atoms with Gasteiger partial charge in [0.2, 0.25) is 0 Å². The van der Waals surface area contributed by atoms with Gasteiger partial charge in [-0.05, 0) is 18.9 Å². The minimum Gasteiger partial charge on any atom is -0.377 e. The number of rotatable bonds is 6. The minimum absolute atomic E-state index is 0.591. The zero-order valence-electron chi connectivity index (χ0n) is 8.53. The molecule has 0 fully saturated rings. The van der Waals surface area contributed by atoms with Gasteiger partial charge in [0.05, 0.1) is 6.61 Å². The van der Waals surface area contributed by atoms with E-state index in [2.05, 4.69) is 31.2 Å². The molecule has 0 aromatic heterocycles. The van der Waals surface area contributed by atoms with Crippen molar-refractivity contribution in [2.75, 3.05) is 6.61 Å². The zero-order valence-corrected chi connectivity index (χ0v) is 8.53. The van der Waals surface area contributed by atoms with Crippen LogP contribution in [0.25, 0.3) is 0 Å². The van der Waals surface area contributed by atoms with E-state index in [1.54, 1.807) is 0 Å². The molecule has 1 aromatic carbocycles. The molecule has 76 valence electrons. The lowest BCUT2D eigenvalue weighted by atomic mass is 10.2. The van der Waals surface area contributed by atoms with Gasteiger partial charge in [0.1, 0.15) is 6.29 Å². The second-order valence-electron chi connectivity index (χ2n) is 3.35. The van der Waals surface area contributed by atoms with Gasteiger partial charge in [-0.1, -0.05) is 29.8 Å². The van der Waals surface area contributed by atoms with Crippen molar-refractivity contribution in [3.8, 4) is 0 Å². The number of carbonyl (C=O) groups is 1. The smallest absolute Gasteiger partial charge is 0.120 e. The van der Waals surface area contributed by atoms with Gasteiger partial charge in [0.25, 0.3) is 0 Å². The number of aldehydes is 1. The fraction of sp³-hybridized carbons (Fsp3) is 0.417. The number of hydrogen-bond acceptors (Lipinski definition) is 2. The Hall–Kier alpha value is -1.15. The monoisotopic (exact) mass is 192 g/mol. The molecule has 0 spiro atoms. The van der Waals surface area contributed by atoms with Gasteiger partial charge >= 0.3 is 0 Å². The second kappa shape index (κ2) is 6.33. The van der Waals surface area contributed by atoms with E-state index in [1.807, 2.05) is 0 Å². The van der Waals surface area contributed by atoms with Crippen molar-refractivity contribution in [3.63, 3.8) is 0 Å². The van der Waals surface area contributed by atoms with Gasteiger partial charge in [0, 0.05) is 13.0 Å². The molecule has 0 unspecified atom stereocenters. The van der Waals surface area contributed by atoms with Crippen LogP contribution in [-0.4, -0.2) is 12.9 Å². The van der Waals surface area contributed by atoms with E-state index >= 15 is 0 Å². The van der Waals surface area contributed by atoms with Crippen LogP contribution in [0.5, 0.6) is 0 Å². The molecule has 14 heavy (non-hydrogen) atoms. The quantitative estimate of drug-likeness (QED) is 0.511. The summed E-state index contributed by atoms with van der Waals surface area (Å²) in [6.45, 7) is 3.36. The molecule has 0 bridgehead atoms. The number of aryl methyl sites for hydroxylation is 1. The van der Waals surface area contributed by atoms with Crippen LogP contribution < -0.4 is 0 Å². The molecule has 0 heterocycles. The van der Waals surface area contributed by atoms with Crippen LogP contribution in [0.2, 0.25) is 0 Å². The molecule has 1 rings (SSSR count). The predicted molar refractivity (Wildman–Crippen MR) is 56.1 cm³/mol. The summed E-state index contributed by atoms with van der Waals surface area (Å²) in [6.07, 6.45) is 2.33. The maximum atomic E-state index is 10.0. The summed E-state index contributed by atoms with van der Waals surface area (Å²) in [4.78, 5) is 10.0. The highest BCUT2D eigenvalue weighted by atomic mass is 16.5. The van der Waals surface area contributed by atoms with Crippen LogP contribution >= 0.6 is 0 Å². The summed E-state index contributed by atoms with van der Waals surface area (Å²) < 4.78 is 5.40. The number of hydrogen-bond donors (Lipinski definition) is 0. The average molecular weight is 192 g/mol. The SMILES string of the molecule is Cc1ccc(COCCCC=O)cc1. The topological polar surface area (TPSA) is 26.3 Å². The van der Waals surface area contributed by atoms with Crippen LogP contribution in [0.15, 0.2) is 24.3 Å². The van der Waals surface area contributed by atoms with Crippen LogP contribution in [0.4, 0.5) is 0 Å². The van der Waals surface area contributed by atoms with Crippen LogP contribution in [0, 0.1) is 6.92 Å². The Bertz CT molecular complexity index is 264. The first-order chi connectivity index (χ1) is 6.83. The fourth-order valence-corrected chi connectivity index (χ4v) is 1.14. The van der Waals surface area contributed by atoms with Crippen molar-refractivity contribution in [3.05, 3.63) is 35.4 Å². The van der Waals surface area contributed by atoms with E-state index in [0.717, 1.165) is 12.7 Å². The molecule has 0 N–H and O–H groups in total. The van der Waals surface area contributed by atoms with Gasteiger partial charge in [-0.15, -0.1) is 0 Å². The number of ether oxygens (including phenoxy) is 1. The third kappa shape index (κ3) is 4.19. The summed E-state index contributed by atoms with van der Waals surface area (Å²) in [5, 5.41) is 0. The Morgan fingerprint density at radius 1 is 1.29 bits per heavy atom. The summed E-state index contributed by atoms with van der Waals surface area (Å²) in [7, 11) is 0. The first kappa shape index (κ1) is 10.9. The first-order valence-electron chi connectivity index (χ1n) is 4.90. The molecule has 0 saturated carbocycles. The largest absolute Gasteiger partial charge is 0.377 e. The first-order valence-corrected chi connectivity index (χ1v) is 4.90. The highest BCUT2D eigenvalue weighted by Crippen LogP contribution is 2.04. The van der Waals surface area contributed by atoms with E-state index in [4.69, 9.17) is 4.74 Å². The lowest BCUT2D eigenvalue weighted by molar-refractivity contribution is -0.108. The Balaban J connectivity index is 2.18. The zero-order chi connectivity index (χ0) is 10.2.